The van der Waals surface area contributed by atoms with Crippen LogP contribution in [0, 0.1) is 5.92 Å². The summed E-state index contributed by atoms with van der Waals surface area (Å²) in [6, 6.07) is 0. The molecule has 1 atom stereocenters. The fraction of sp³-hybridized carbons (Fsp3) is 0.900. The number of hydrogen-bond donors (Lipinski definition) is 3. The number of carbonyl (C=O) groups excluding carboxylic acids is 1. The average Bonchev–Trinajstić information content (AvgIpc) is 2.26. The summed E-state index contributed by atoms with van der Waals surface area (Å²) in [7, 11) is 1.91. The van der Waals surface area contributed by atoms with Crippen LogP contribution in [0.4, 0.5) is 0 Å². The highest BCUT2D eigenvalue weighted by atomic mass is 16.1. The molecule has 0 aliphatic carbocycles. The summed E-state index contributed by atoms with van der Waals surface area (Å²) in [6.07, 6.45) is 2.97. The van der Waals surface area contributed by atoms with Crippen molar-refractivity contribution in [1.82, 2.24) is 16.0 Å². The predicted octanol–water partition coefficient (Wildman–Crippen LogP) is 0.0577. The lowest BCUT2D eigenvalue weighted by atomic mass is 9.94. The van der Waals surface area contributed by atoms with Gasteiger partial charge in [-0.2, -0.15) is 0 Å². The molecule has 82 valence electrons. The summed E-state index contributed by atoms with van der Waals surface area (Å²) in [5.74, 6) is 0.694. The molecule has 0 spiro atoms. The van der Waals surface area contributed by atoms with Crippen molar-refractivity contribution in [3.8, 4) is 0 Å². The van der Waals surface area contributed by atoms with Gasteiger partial charge in [-0.05, 0) is 38.9 Å². The third kappa shape index (κ3) is 3.27. The Hall–Kier alpha value is -0.610. The molecule has 1 aliphatic rings. The molecular formula is C10H21N3O. The van der Waals surface area contributed by atoms with Crippen molar-refractivity contribution in [2.24, 2.45) is 5.92 Å². The zero-order chi connectivity index (χ0) is 10.4. The minimum atomic E-state index is 0.128. The first-order valence-corrected chi connectivity index (χ1v) is 5.45. The Morgan fingerprint density at radius 1 is 1.50 bits per heavy atom. The van der Waals surface area contributed by atoms with Crippen LogP contribution in [0.1, 0.15) is 26.2 Å². The van der Waals surface area contributed by atoms with E-state index in [1.165, 1.54) is 0 Å². The molecule has 0 saturated carbocycles. The molecule has 0 aromatic carbocycles. The van der Waals surface area contributed by atoms with E-state index >= 15 is 0 Å². The molecule has 4 nitrogen and oxygen atoms in total. The monoisotopic (exact) mass is 199 g/mol. The molecule has 1 fully saturated rings. The smallest absolute Gasteiger partial charge is 0.220 e. The van der Waals surface area contributed by atoms with E-state index in [0.717, 1.165) is 25.9 Å². The predicted molar refractivity (Wildman–Crippen MR) is 56.9 cm³/mol. The lowest BCUT2D eigenvalue weighted by Gasteiger charge is -2.30. The van der Waals surface area contributed by atoms with Crippen LogP contribution < -0.4 is 16.0 Å². The van der Waals surface area contributed by atoms with Gasteiger partial charge in [0.1, 0.15) is 0 Å². The van der Waals surface area contributed by atoms with E-state index in [1.54, 1.807) is 0 Å². The number of piperidine rings is 1. The molecular weight excluding hydrogens is 178 g/mol. The second kappa shape index (κ2) is 5.98. The molecule has 0 bridgehead atoms. The molecule has 4 heteroatoms. The Bertz CT molecular complexity index is 178. The van der Waals surface area contributed by atoms with Crippen LogP contribution >= 0.6 is 0 Å². The summed E-state index contributed by atoms with van der Waals surface area (Å²) >= 11 is 0. The largest absolute Gasteiger partial charge is 0.341 e. The average molecular weight is 199 g/mol. The summed E-state index contributed by atoms with van der Waals surface area (Å²) in [4.78, 5) is 11.3. The van der Waals surface area contributed by atoms with Crippen molar-refractivity contribution in [2.45, 2.75) is 32.4 Å². The summed E-state index contributed by atoms with van der Waals surface area (Å²) in [5.41, 5.74) is 0. The second-order valence-electron chi connectivity index (χ2n) is 3.77. The lowest BCUT2D eigenvalue weighted by Crippen LogP contribution is -2.51. The van der Waals surface area contributed by atoms with Gasteiger partial charge in [0, 0.05) is 6.42 Å². The Labute approximate surface area is 85.8 Å². The van der Waals surface area contributed by atoms with Gasteiger partial charge in [-0.1, -0.05) is 6.92 Å². The van der Waals surface area contributed by atoms with Crippen LogP contribution in [0.2, 0.25) is 0 Å². The van der Waals surface area contributed by atoms with Crippen molar-refractivity contribution in [3.05, 3.63) is 0 Å². The second-order valence-corrected chi connectivity index (χ2v) is 3.77. The minimum Gasteiger partial charge on any atom is -0.341 e. The van der Waals surface area contributed by atoms with E-state index in [-0.39, 0.29) is 12.1 Å². The highest BCUT2D eigenvalue weighted by Gasteiger charge is 2.22. The minimum absolute atomic E-state index is 0.128. The maximum absolute atomic E-state index is 11.3. The summed E-state index contributed by atoms with van der Waals surface area (Å²) < 4.78 is 0. The normalized spacial score (nSPS) is 20.4. The lowest BCUT2D eigenvalue weighted by molar-refractivity contribution is -0.122. The standard InChI is InChI=1S/C10H21N3O/c1-3-9(14)13-10(11-2)8-4-6-12-7-5-8/h8,10-12H,3-7H2,1-2H3,(H,13,14). The maximum atomic E-state index is 11.3. The highest BCUT2D eigenvalue weighted by Crippen LogP contribution is 2.14. The van der Waals surface area contributed by atoms with Gasteiger partial charge in [0.2, 0.25) is 5.91 Å². The first kappa shape index (κ1) is 11.5. The number of rotatable bonds is 4. The highest BCUT2D eigenvalue weighted by molar-refractivity contribution is 5.75. The van der Waals surface area contributed by atoms with Gasteiger partial charge in [-0.25, -0.2) is 0 Å². The van der Waals surface area contributed by atoms with Crippen LogP contribution in [0.15, 0.2) is 0 Å². The topological polar surface area (TPSA) is 53.2 Å². The number of carbonyl (C=O) groups is 1. The number of nitrogens with one attached hydrogen (secondary N) is 3. The van der Waals surface area contributed by atoms with Crippen molar-refractivity contribution in [2.75, 3.05) is 20.1 Å². The van der Waals surface area contributed by atoms with Crippen molar-refractivity contribution in [1.29, 1.82) is 0 Å². The van der Waals surface area contributed by atoms with E-state index in [2.05, 4.69) is 16.0 Å². The zero-order valence-corrected chi connectivity index (χ0v) is 9.10. The Balaban J connectivity index is 2.39. The maximum Gasteiger partial charge on any atom is 0.220 e. The van der Waals surface area contributed by atoms with Crippen LogP contribution in [-0.4, -0.2) is 32.2 Å². The molecule has 1 aliphatic heterocycles. The summed E-state index contributed by atoms with van der Waals surface area (Å²) in [6.45, 7) is 4.00. The molecule has 1 amide bonds. The SMILES string of the molecule is CCC(=O)NC(NC)C1CCNCC1. The Kier molecular flexibility index (Phi) is 4.90. The van der Waals surface area contributed by atoms with Gasteiger partial charge in [0.05, 0.1) is 6.17 Å². The molecule has 1 saturated heterocycles. The number of amides is 1. The van der Waals surface area contributed by atoms with E-state index in [1.807, 2.05) is 14.0 Å². The zero-order valence-electron chi connectivity index (χ0n) is 9.10. The van der Waals surface area contributed by atoms with Crippen LogP contribution in [0.3, 0.4) is 0 Å². The molecule has 1 unspecified atom stereocenters. The van der Waals surface area contributed by atoms with Gasteiger partial charge in [-0.15, -0.1) is 0 Å². The van der Waals surface area contributed by atoms with E-state index in [4.69, 9.17) is 0 Å². The Morgan fingerprint density at radius 2 is 2.14 bits per heavy atom. The van der Waals surface area contributed by atoms with Gasteiger partial charge in [0.25, 0.3) is 0 Å². The van der Waals surface area contributed by atoms with Gasteiger partial charge < -0.3 is 16.0 Å². The van der Waals surface area contributed by atoms with Crippen molar-refractivity contribution < 1.29 is 4.79 Å². The first-order valence-electron chi connectivity index (χ1n) is 5.45. The van der Waals surface area contributed by atoms with E-state index < -0.39 is 0 Å². The van der Waals surface area contributed by atoms with Crippen molar-refractivity contribution >= 4 is 5.91 Å². The third-order valence-corrected chi connectivity index (χ3v) is 2.80. The molecule has 0 aromatic rings. The molecule has 0 aromatic heterocycles. The van der Waals surface area contributed by atoms with Gasteiger partial charge >= 0.3 is 0 Å². The van der Waals surface area contributed by atoms with Gasteiger partial charge in [0.15, 0.2) is 0 Å². The summed E-state index contributed by atoms with van der Waals surface area (Å²) in [5, 5.41) is 9.51. The molecule has 1 rings (SSSR count). The van der Waals surface area contributed by atoms with Crippen molar-refractivity contribution in [3.63, 3.8) is 0 Å². The molecule has 0 radical (unpaired) electrons. The molecule has 3 N–H and O–H groups in total. The van der Waals surface area contributed by atoms with Crippen LogP contribution in [0.5, 0.6) is 0 Å². The Morgan fingerprint density at radius 3 is 2.64 bits per heavy atom. The fourth-order valence-corrected chi connectivity index (χ4v) is 1.88. The first-order chi connectivity index (χ1) is 6.77. The molecule has 14 heavy (non-hydrogen) atoms. The van der Waals surface area contributed by atoms with E-state index in [0.29, 0.717) is 12.3 Å². The third-order valence-electron chi connectivity index (χ3n) is 2.80. The number of hydrogen-bond acceptors (Lipinski definition) is 3. The fourth-order valence-electron chi connectivity index (χ4n) is 1.88. The quantitative estimate of drug-likeness (QED) is 0.561. The molecule has 1 heterocycles. The van der Waals surface area contributed by atoms with Crippen LogP contribution in [-0.2, 0) is 4.79 Å². The van der Waals surface area contributed by atoms with E-state index in [9.17, 15) is 4.79 Å². The van der Waals surface area contributed by atoms with Gasteiger partial charge in [-0.3, -0.25) is 4.79 Å². The van der Waals surface area contributed by atoms with Crippen LogP contribution in [0.25, 0.3) is 0 Å².